The van der Waals surface area contributed by atoms with Crippen LogP contribution < -0.4 is 14.8 Å². The van der Waals surface area contributed by atoms with Gasteiger partial charge in [0, 0.05) is 42.8 Å². The molecule has 0 saturated heterocycles. The van der Waals surface area contributed by atoms with Crippen molar-refractivity contribution in [2.24, 2.45) is 0 Å². The first kappa shape index (κ1) is 25.6. The maximum absolute atomic E-state index is 12.6. The van der Waals surface area contributed by atoms with E-state index in [-0.39, 0.29) is 29.7 Å². The molecule has 0 bridgehead atoms. The Balaban J connectivity index is 0.00000210. The van der Waals surface area contributed by atoms with E-state index in [2.05, 4.69) is 31.0 Å². The van der Waals surface area contributed by atoms with Gasteiger partial charge in [0.2, 0.25) is 10.0 Å². The van der Waals surface area contributed by atoms with Gasteiger partial charge in [0.15, 0.2) is 0 Å². The summed E-state index contributed by atoms with van der Waals surface area (Å²) in [6.07, 6.45) is 3.25. The molecule has 2 aromatic carbocycles. The van der Waals surface area contributed by atoms with Crippen LogP contribution in [-0.2, 0) is 10.0 Å². The number of sulfonamides is 1. The molecule has 0 saturated carbocycles. The standard InChI is InChI=1S/C19H20BrN3O3S.2ClH/c20-17-5-1-2-6-18(17)26-13-12-21-10-11-23-27(24,25)19-7-3-4-15-14-22-9-8-16(15)19;;/h1-9,14,21,23H,10-13H2;2*1H. The summed E-state index contributed by atoms with van der Waals surface area (Å²) in [7, 11) is -3.58. The van der Waals surface area contributed by atoms with Crippen LogP contribution >= 0.6 is 40.7 Å². The summed E-state index contributed by atoms with van der Waals surface area (Å²) in [5, 5.41) is 4.62. The van der Waals surface area contributed by atoms with Crippen LogP contribution in [-0.4, -0.2) is 39.6 Å². The van der Waals surface area contributed by atoms with Gasteiger partial charge < -0.3 is 10.1 Å². The molecule has 0 atom stereocenters. The van der Waals surface area contributed by atoms with E-state index in [4.69, 9.17) is 4.74 Å². The Bertz CT molecular complexity index is 1020. The molecule has 0 unspecified atom stereocenters. The Morgan fingerprint density at radius 1 is 0.966 bits per heavy atom. The van der Waals surface area contributed by atoms with Crippen LogP contribution in [0, 0.1) is 0 Å². The highest BCUT2D eigenvalue weighted by atomic mass is 79.9. The number of halogens is 3. The molecule has 0 fully saturated rings. The normalized spacial score (nSPS) is 10.8. The quantitative estimate of drug-likeness (QED) is 0.418. The topological polar surface area (TPSA) is 80.3 Å². The number of nitrogens with one attached hydrogen (secondary N) is 2. The fraction of sp³-hybridized carbons (Fsp3) is 0.211. The molecule has 3 aromatic rings. The van der Waals surface area contributed by atoms with Gasteiger partial charge in [0.1, 0.15) is 12.4 Å². The molecule has 2 N–H and O–H groups in total. The molecule has 29 heavy (non-hydrogen) atoms. The monoisotopic (exact) mass is 521 g/mol. The van der Waals surface area contributed by atoms with Crippen molar-refractivity contribution in [1.29, 1.82) is 0 Å². The van der Waals surface area contributed by atoms with Gasteiger partial charge in [0.25, 0.3) is 0 Å². The van der Waals surface area contributed by atoms with Gasteiger partial charge in [-0.15, -0.1) is 24.8 Å². The van der Waals surface area contributed by atoms with E-state index >= 15 is 0 Å². The van der Waals surface area contributed by atoms with Crippen molar-refractivity contribution >= 4 is 61.5 Å². The first-order valence-corrected chi connectivity index (χ1v) is 10.8. The highest BCUT2D eigenvalue weighted by molar-refractivity contribution is 9.10. The predicted octanol–water partition coefficient (Wildman–Crippen LogP) is 3.79. The summed E-state index contributed by atoms with van der Waals surface area (Å²) in [6.45, 7) is 1.90. The van der Waals surface area contributed by atoms with E-state index in [9.17, 15) is 8.42 Å². The maximum Gasteiger partial charge on any atom is 0.241 e. The van der Waals surface area contributed by atoms with Crippen molar-refractivity contribution in [1.82, 2.24) is 15.0 Å². The zero-order valence-electron chi connectivity index (χ0n) is 15.4. The minimum Gasteiger partial charge on any atom is -0.491 e. The van der Waals surface area contributed by atoms with Crippen LogP contribution in [0.15, 0.2) is 70.3 Å². The summed E-state index contributed by atoms with van der Waals surface area (Å²) >= 11 is 3.43. The average molecular weight is 523 g/mol. The average Bonchev–Trinajstić information content (AvgIpc) is 2.68. The van der Waals surface area contributed by atoms with Gasteiger partial charge in [-0.1, -0.05) is 24.3 Å². The molecule has 6 nitrogen and oxygen atoms in total. The molecule has 158 valence electrons. The van der Waals surface area contributed by atoms with Crippen molar-refractivity contribution in [3.05, 3.63) is 65.4 Å². The number of nitrogens with zero attached hydrogens (tertiary/aromatic N) is 1. The second-order valence-corrected chi connectivity index (χ2v) is 8.37. The molecule has 0 aliphatic heterocycles. The second kappa shape index (κ2) is 12.3. The molecule has 0 spiro atoms. The SMILES string of the molecule is Cl.Cl.O=S(=O)(NCCNCCOc1ccccc1Br)c1cccc2cnccc12. The molecule has 3 rings (SSSR count). The summed E-state index contributed by atoms with van der Waals surface area (Å²) in [5.41, 5.74) is 0. The van der Waals surface area contributed by atoms with Gasteiger partial charge in [-0.3, -0.25) is 4.98 Å². The third-order valence-corrected chi connectivity index (χ3v) is 6.07. The fourth-order valence-electron chi connectivity index (χ4n) is 2.60. The van der Waals surface area contributed by atoms with Crippen molar-refractivity contribution in [3.63, 3.8) is 0 Å². The second-order valence-electron chi connectivity index (χ2n) is 5.78. The Morgan fingerprint density at radius 3 is 2.55 bits per heavy atom. The Hall–Kier alpha value is -1.42. The van der Waals surface area contributed by atoms with Crippen molar-refractivity contribution in [2.45, 2.75) is 4.90 Å². The minimum absolute atomic E-state index is 0. The molecule has 0 amide bonds. The molecular formula is C19H22BrCl2N3O3S. The predicted molar refractivity (Wildman–Crippen MR) is 124 cm³/mol. The number of fused-ring (bicyclic) bond motifs is 1. The zero-order valence-corrected chi connectivity index (χ0v) is 19.4. The Labute approximate surface area is 191 Å². The first-order chi connectivity index (χ1) is 13.1. The van der Waals surface area contributed by atoms with Gasteiger partial charge in [0.05, 0.1) is 9.37 Å². The lowest BCUT2D eigenvalue weighted by molar-refractivity contribution is 0.313. The summed E-state index contributed by atoms with van der Waals surface area (Å²) in [5.74, 6) is 0.783. The van der Waals surface area contributed by atoms with E-state index in [1.54, 1.807) is 30.6 Å². The lowest BCUT2D eigenvalue weighted by Gasteiger charge is -2.11. The van der Waals surface area contributed by atoms with E-state index in [1.807, 2.05) is 30.3 Å². The van der Waals surface area contributed by atoms with Gasteiger partial charge >= 0.3 is 0 Å². The molecule has 10 heteroatoms. The maximum atomic E-state index is 12.6. The number of benzene rings is 2. The van der Waals surface area contributed by atoms with Gasteiger partial charge in [-0.05, 0) is 40.2 Å². The van der Waals surface area contributed by atoms with Crippen molar-refractivity contribution in [2.75, 3.05) is 26.2 Å². The highest BCUT2D eigenvalue weighted by Gasteiger charge is 2.16. The number of ether oxygens (including phenoxy) is 1. The largest absolute Gasteiger partial charge is 0.491 e. The lowest BCUT2D eigenvalue weighted by atomic mass is 10.2. The molecule has 0 aliphatic rings. The van der Waals surface area contributed by atoms with Crippen LogP contribution in [0.4, 0.5) is 0 Å². The van der Waals surface area contributed by atoms with Gasteiger partial charge in [-0.2, -0.15) is 0 Å². The molecule has 1 heterocycles. The zero-order chi connectivity index (χ0) is 19.1. The van der Waals surface area contributed by atoms with Gasteiger partial charge in [-0.25, -0.2) is 13.1 Å². The van der Waals surface area contributed by atoms with Crippen LogP contribution in [0.5, 0.6) is 5.75 Å². The van der Waals surface area contributed by atoms with Crippen molar-refractivity contribution < 1.29 is 13.2 Å². The highest BCUT2D eigenvalue weighted by Crippen LogP contribution is 2.23. The third kappa shape index (κ3) is 7.09. The fourth-order valence-corrected chi connectivity index (χ4v) is 4.26. The van der Waals surface area contributed by atoms with E-state index in [0.29, 0.717) is 31.6 Å². The Morgan fingerprint density at radius 2 is 1.76 bits per heavy atom. The van der Waals surface area contributed by atoms with E-state index < -0.39 is 10.0 Å². The molecule has 0 aliphatic carbocycles. The van der Waals surface area contributed by atoms with Crippen LogP contribution in [0.25, 0.3) is 10.8 Å². The summed E-state index contributed by atoms with van der Waals surface area (Å²) in [4.78, 5) is 4.29. The number of aromatic nitrogens is 1. The van der Waals surface area contributed by atoms with E-state index in [1.165, 1.54) is 0 Å². The van der Waals surface area contributed by atoms with Crippen LogP contribution in [0.3, 0.4) is 0 Å². The number of para-hydroxylation sites is 1. The molecule has 0 radical (unpaired) electrons. The minimum atomic E-state index is -3.58. The number of hydrogen-bond acceptors (Lipinski definition) is 5. The first-order valence-electron chi connectivity index (χ1n) is 8.48. The number of hydrogen-bond donors (Lipinski definition) is 2. The number of pyridine rings is 1. The number of rotatable bonds is 9. The summed E-state index contributed by atoms with van der Waals surface area (Å²) < 4.78 is 34.3. The Kier molecular flexibility index (Phi) is 10.9. The smallest absolute Gasteiger partial charge is 0.241 e. The van der Waals surface area contributed by atoms with Crippen LogP contribution in [0.2, 0.25) is 0 Å². The van der Waals surface area contributed by atoms with Crippen LogP contribution in [0.1, 0.15) is 0 Å². The lowest BCUT2D eigenvalue weighted by Crippen LogP contribution is -2.33. The summed E-state index contributed by atoms with van der Waals surface area (Å²) in [6, 6.07) is 14.5. The van der Waals surface area contributed by atoms with E-state index in [0.717, 1.165) is 15.6 Å². The molecule has 1 aromatic heterocycles. The molecular weight excluding hydrogens is 501 g/mol. The third-order valence-electron chi connectivity index (χ3n) is 3.90. The van der Waals surface area contributed by atoms with Crippen molar-refractivity contribution in [3.8, 4) is 5.75 Å².